The van der Waals surface area contributed by atoms with Gasteiger partial charge in [0.25, 0.3) is 0 Å². The number of pyridine rings is 1. The third-order valence-corrected chi connectivity index (χ3v) is 3.23. The Labute approximate surface area is 152 Å². The van der Waals surface area contributed by atoms with Gasteiger partial charge in [-0.05, 0) is 12.1 Å². The highest BCUT2D eigenvalue weighted by molar-refractivity contribution is 5.61. The van der Waals surface area contributed by atoms with E-state index in [0.717, 1.165) is 12.1 Å². The summed E-state index contributed by atoms with van der Waals surface area (Å²) in [4.78, 5) is 17.9. The third-order valence-electron chi connectivity index (χ3n) is 3.23. The molecular formula is C15H9F6N7. The van der Waals surface area contributed by atoms with Crippen LogP contribution in [0, 0.1) is 0 Å². The lowest BCUT2D eigenvalue weighted by atomic mass is 10.2. The van der Waals surface area contributed by atoms with E-state index in [0.29, 0.717) is 12.4 Å². The van der Waals surface area contributed by atoms with E-state index < -0.39 is 23.7 Å². The summed E-state index contributed by atoms with van der Waals surface area (Å²) >= 11 is 0. The first kappa shape index (κ1) is 19.3. The molecule has 13 heteroatoms. The van der Waals surface area contributed by atoms with E-state index in [2.05, 4.69) is 30.2 Å². The average Bonchev–Trinajstić information content (AvgIpc) is 2.60. The van der Waals surface area contributed by atoms with Crippen LogP contribution in [0.2, 0.25) is 0 Å². The number of halogens is 6. The molecule has 0 atom stereocenters. The molecule has 7 nitrogen and oxygen atoms in total. The van der Waals surface area contributed by atoms with Crippen LogP contribution in [-0.4, -0.2) is 24.9 Å². The van der Waals surface area contributed by atoms with Gasteiger partial charge in [-0.1, -0.05) is 6.07 Å². The van der Waals surface area contributed by atoms with E-state index >= 15 is 0 Å². The molecular weight excluding hydrogens is 392 g/mol. The Balaban J connectivity index is 1.95. The molecule has 0 aliphatic rings. The summed E-state index contributed by atoms with van der Waals surface area (Å²) in [6.07, 6.45) is -8.66. The van der Waals surface area contributed by atoms with Crippen molar-refractivity contribution in [2.75, 3.05) is 11.1 Å². The van der Waals surface area contributed by atoms with Gasteiger partial charge in [0, 0.05) is 12.1 Å². The first-order chi connectivity index (χ1) is 13.0. The van der Waals surface area contributed by atoms with E-state index in [1.165, 1.54) is 12.1 Å². The maximum atomic E-state index is 12.8. The lowest BCUT2D eigenvalue weighted by Gasteiger charge is -2.10. The topological polar surface area (TPSA) is 102 Å². The number of hydrogen-bond donors (Lipinski definition) is 2. The van der Waals surface area contributed by atoms with Crippen LogP contribution in [0.4, 0.5) is 43.8 Å². The zero-order valence-electron chi connectivity index (χ0n) is 13.5. The summed E-state index contributed by atoms with van der Waals surface area (Å²) in [7, 11) is 0. The predicted octanol–water partition coefficient (Wildman–Crippen LogP) is 3.69. The molecule has 3 aromatic rings. The van der Waals surface area contributed by atoms with Gasteiger partial charge in [0.2, 0.25) is 0 Å². The SMILES string of the molecule is Nc1cc(Nc2cc(C(F)(F)F)ncn2)nc(-c2cccc(C(F)(F)F)n2)n1. The Kier molecular flexibility index (Phi) is 4.75. The van der Waals surface area contributed by atoms with Crippen molar-refractivity contribution in [2.24, 2.45) is 0 Å². The van der Waals surface area contributed by atoms with Crippen molar-refractivity contribution in [3.63, 3.8) is 0 Å². The normalized spacial score (nSPS) is 12.1. The fourth-order valence-corrected chi connectivity index (χ4v) is 2.07. The number of aromatic nitrogens is 5. The molecule has 0 amide bonds. The zero-order chi connectivity index (χ0) is 20.5. The maximum Gasteiger partial charge on any atom is 0.433 e. The van der Waals surface area contributed by atoms with Crippen LogP contribution >= 0.6 is 0 Å². The minimum absolute atomic E-state index is 0.0893. The number of hydrogen-bond acceptors (Lipinski definition) is 7. The second kappa shape index (κ2) is 6.90. The van der Waals surface area contributed by atoms with Gasteiger partial charge in [0.15, 0.2) is 5.82 Å². The number of alkyl halides is 6. The molecule has 0 unspecified atom stereocenters. The molecule has 0 saturated carbocycles. The van der Waals surface area contributed by atoms with Crippen molar-refractivity contribution >= 4 is 17.5 Å². The van der Waals surface area contributed by atoms with Gasteiger partial charge < -0.3 is 11.1 Å². The molecule has 0 aliphatic carbocycles. The fraction of sp³-hybridized carbons (Fsp3) is 0.133. The molecule has 0 saturated heterocycles. The maximum absolute atomic E-state index is 12.8. The minimum Gasteiger partial charge on any atom is -0.384 e. The number of nitrogens with zero attached hydrogens (tertiary/aromatic N) is 5. The molecule has 0 bridgehead atoms. The first-order valence-electron chi connectivity index (χ1n) is 7.38. The summed E-state index contributed by atoms with van der Waals surface area (Å²) in [5.41, 5.74) is 3.06. The van der Waals surface area contributed by atoms with Crippen molar-refractivity contribution < 1.29 is 26.3 Å². The molecule has 3 aromatic heterocycles. The molecule has 146 valence electrons. The molecule has 0 radical (unpaired) electrons. The summed E-state index contributed by atoms with van der Waals surface area (Å²) in [5, 5.41) is 2.48. The van der Waals surface area contributed by atoms with Crippen molar-refractivity contribution in [2.45, 2.75) is 12.4 Å². The Morgan fingerprint density at radius 1 is 0.786 bits per heavy atom. The summed E-state index contributed by atoms with van der Waals surface area (Å²) < 4.78 is 76.6. The van der Waals surface area contributed by atoms with Gasteiger partial charge >= 0.3 is 12.4 Å². The van der Waals surface area contributed by atoms with Gasteiger partial charge in [-0.15, -0.1) is 0 Å². The molecule has 28 heavy (non-hydrogen) atoms. The van der Waals surface area contributed by atoms with Crippen LogP contribution in [0.15, 0.2) is 36.7 Å². The summed E-state index contributed by atoms with van der Waals surface area (Å²) in [6, 6.07) is 4.94. The summed E-state index contributed by atoms with van der Waals surface area (Å²) in [5.74, 6) is -0.729. The lowest BCUT2D eigenvalue weighted by Crippen LogP contribution is -2.10. The van der Waals surface area contributed by atoms with E-state index in [1.54, 1.807) is 0 Å². The molecule has 0 spiro atoms. The Bertz CT molecular complexity index is 1000. The quantitative estimate of drug-likeness (QED) is 0.646. The number of nitrogen functional groups attached to an aromatic ring is 1. The number of anilines is 3. The van der Waals surface area contributed by atoms with Crippen LogP contribution in [0.25, 0.3) is 11.5 Å². The third kappa shape index (κ3) is 4.42. The Hall–Kier alpha value is -3.51. The van der Waals surface area contributed by atoms with E-state index in [4.69, 9.17) is 5.73 Å². The monoisotopic (exact) mass is 401 g/mol. The first-order valence-corrected chi connectivity index (χ1v) is 7.38. The number of rotatable bonds is 3. The van der Waals surface area contributed by atoms with Crippen molar-refractivity contribution in [3.05, 3.63) is 48.0 Å². The second-order valence-corrected chi connectivity index (χ2v) is 5.32. The smallest absolute Gasteiger partial charge is 0.384 e. The van der Waals surface area contributed by atoms with Crippen LogP contribution < -0.4 is 11.1 Å². The highest BCUT2D eigenvalue weighted by Gasteiger charge is 2.33. The van der Waals surface area contributed by atoms with Crippen LogP contribution in [-0.2, 0) is 12.4 Å². The van der Waals surface area contributed by atoms with Gasteiger partial charge in [-0.2, -0.15) is 26.3 Å². The lowest BCUT2D eigenvalue weighted by molar-refractivity contribution is -0.141. The second-order valence-electron chi connectivity index (χ2n) is 5.32. The fourth-order valence-electron chi connectivity index (χ4n) is 2.07. The van der Waals surface area contributed by atoms with Gasteiger partial charge in [-0.3, -0.25) is 0 Å². The van der Waals surface area contributed by atoms with Gasteiger partial charge in [0.1, 0.15) is 40.9 Å². The Morgan fingerprint density at radius 2 is 1.50 bits per heavy atom. The highest BCUT2D eigenvalue weighted by atomic mass is 19.4. The Morgan fingerprint density at radius 3 is 2.18 bits per heavy atom. The summed E-state index contributed by atoms with van der Waals surface area (Å²) in [6.45, 7) is 0. The van der Waals surface area contributed by atoms with E-state index in [1.807, 2.05) is 0 Å². The van der Waals surface area contributed by atoms with Crippen molar-refractivity contribution in [3.8, 4) is 11.5 Å². The standard InChI is InChI=1S/C15H9F6N7/c16-14(17,18)8-3-1-2-7(25-8)13-26-10(22)5-12(28-13)27-11-4-9(15(19,20)21)23-6-24-11/h1-6H,(H3,22,23,24,26,27,28). The number of nitrogens with one attached hydrogen (secondary N) is 1. The van der Waals surface area contributed by atoms with Gasteiger partial charge in [0.05, 0.1) is 0 Å². The average molecular weight is 401 g/mol. The number of nitrogens with two attached hydrogens (primary N) is 1. The zero-order valence-corrected chi connectivity index (χ0v) is 13.5. The van der Waals surface area contributed by atoms with Crippen molar-refractivity contribution in [1.82, 2.24) is 24.9 Å². The van der Waals surface area contributed by atoms with Crippen LogP contribution in [0.1, 0.15) is 11.4 Å². The molecule has 0 aromatic carbocycles. The molecule has 3 heterocycles. The molecule has 3 rings (SSSR count). The van der Waals surface area contributed by atoms with Crippen LogP contribution in [0.3, 0.4) is 0 Å². The predicted molar refractivity (Wildman–Crippen MR) is 85.0 cm³/mol. The highest BCUT2D eigenvalue weighted by Crippen LogP contribution is 2.30. The molecule has 0 fully saturated rings. The van der Waals surface area contributed by atoms with E-state index in [-0.39, 0.29) is 29.0 Å². The van der Waals surface area contributed by atoms with Gasteiger partial charge in [-0.25, -0.2) is 24.9 Å². The minimum atomic E-state index is -4.68. The largest absolute Gasteiger partial charge is 0.433 e. The molecule has 3 N–H and O–H groups in total. The van der Waals surface area contributed by atoms with Crippen LogP contribution in [0.5, 0.6) is 0 Å². The molecule has 0 aliphatic heterocycles. The van der Waals surface area contributed by atoms with Crippen molar-refractivity contribution in [1.29, 1.82) is 0 Å². The van der Waals surface area contributed by atoms with E-state index in [9.17, 15) is 26.3 Å².